The normalized spacial score (nSPS) is 15.5. The van der Waals surface area contributed by atoms with Crippen molar-refractivity contribution in [2.24, 2.45) is 5.73 Å². The van der Waals surface area contributed by atoms with Gasteiger partial charge in [-0.15, -0.1) is 0 Å². The van der Waals surface area contributed by atoms with E-state index in [-0.39, 0.29) is 17.4 Å². The highest BCUT2D eigenvalue weighted by atomic mass is 16.5. The third-order valence-electron chi connectivity index (χ3n) is 3.22. The van der Waals surface area contributed by atoms with Gasteiger partial charge in [-0.25, -0.2) is 0 Å². The van der Waals surface area contributed by atoms with Gasteiger partial charge in [-0.3, -0.25) is 19.3 Å². The van der Waals surface area contributed by atoms with Crippen LogP contribution in [-0.4, -0.2) is 24.6 Å². The molecule has 1 unspecified atom stereocenters. The summed E-state index contributed by atoms with van der Waals surface area (Å²) < 4.78 is 5.01. The monoisotopic (exact) mass is 300 g/mol. The van der Waals surface area contributed by atoms with Gasteiger partial charge in [0.15, 0.2) is 5.78 Å². The first-order valence-corrected chi connectivity index (χ1v) is 6.61. The maximum Gasteiger partial charge on any atom is 0.228 e. The maximum absolute atomic E-state index is 11.9. The number of ether oxygens (including phenoxy) is 1. The van der Waals surface area contributed by atoms with Crippen molar-refractivity contribution in [2.45, 2.75) is 13.2 Å². The predicted molar refractivity (Wildman–Crippen MR) is 80.8 cm³/mol. The lowest BCUT2D eigenvalue weighted by atomic mass is 10.1. The molecule has 114 valence electrons. The van der Waals surface area contributed by atoms with Crippen LogP contribution in [0.3, 0.4) is 0 Å². The Balaban J connectivity index is 2.39. The average Bonchev–Trinajstić information content (AvgIpc) is 2.50. The molecule has 1 atom stereocenters. The molecule has 22 heavy (non-hydrogen) atoms. The van der Waals surface area contributed by atoms with Crippen LogP contribution in [0.1, 0.15) is 18.7 Å². The molecular formula is C16H16N2O4. The zero-order valence-electron chi connectivity index (χ0n) is 12.3. The fraction of sp³-hybridized carbons (Fsp3) is 0.188. The molecule has 0 bridgehead atoms. The van der Waals surface area contributed by atoms with Gasteiger partial charge in [0.05, 0.1) is 0 Å². The zero-order valence-corrected chi connectivity index (χ0v) is 12.3. The number of hydrogen-bond acceptors (Lipinski definition) is 5. The van der Waals surface area contributed by atoms with E-state index in [1.54, 1.807) is 24.3 Å². The number of rotatable bonds is 4. The van der Waals surface area contributed by atoms with Crippen LogP contribution in [0.15, 0.2) is 48.2 Å². The van der Waals surface area contributed by atoms with Crippen molar-refractivity contribution >= 4 is 23.2 Å². The molecule has 1 aromatic rings. The van der Waals surface area contributed by atoms with Gasteiger partial charge in [0.2, 0.25) is 11.7 Å². The van der Waals surface area contributed by atoms with Gasteiger partial charge in [0.1, 0.15) is 11.9 Å². The van der Waals surface area contributed by atoms with E-state index in [1.165, 1.54) is 25.0 Å². The number of carbonyl (C=O) groups is 3. The molecule has 1 aromatic carbocycles. The molecule has 0 aromatic heterocycles. The van der Waals surface area contributed by atoms with Crippen molar-refractivity contribution in [2.75, 3.05) is 12.0 Å². The topological polar surface area (TPSA) is 89.7 Å². The van der Waals surface area contributed by atoms with Crippen LogP contribution in [0.2, 0.25) is 0 Å². The maximum atomic E-state index is 11.9. The van der Waals surface area contributed by atoms with Crippen molar-refractivity contribution in [1.82, 2.24) is 0 Å². The number of nitrogens with zero attached hydrogens (tertiary/aromatic N) is 1. The Morgan fingerprint density at radius 1 is 1.18 bits per heavy atom. The predicted octanol–water partition coefficient (Wildman–Crippen LogP) is 1.24. The van der Waals surface area contributed by atoms with Gasteiger partial charge in [-0.05, 0) is 29.8 Å². The second-order valence-electron chi connectivity index (χ2n) is 4.73. The molecule has 0 saturated carbocycles. The van der Waals surface area contributed by atoms with E-state index in [0.29, 0.717) is 5.69 Å². The average molecular weight is 300 g/mol. The molecule has 1 aliphatic rings. The van der Waals surface area contributed by atoms with Crippen molar-refractivity contribution in [3.63, 3.8) is 0 Å². The molecule has 6 heteroatoms. The van der Waals surface area contributed by atoms with Crippen LogP contribution in [-0.2, 0) is 19.1 Å². The summed E-state index contributed by atoms with van der Waals surface area (Å²) in [6, 6.07) is 6.69. The number of ketones is 2. The summed E-state index contributed by atoms with van der Waals surface area (Å²) in [6.07, 6.45) is 2.91. The second kappa shape index (κ2) is 6.46. The minimum Gasteiger partial charge on any atom is -0.363 e. The van der Waals surface area contributed by atoms with Crippen LogP contribution < -0.4 is 10.6 Å². The molecule has 0 aliphatic heterocycles. The summed E-state index contributed by atoms with van der Waals surface area (Å²) in [4.78, 5) is 36.5. The second-order valence-corrected chi connectivity index (χ2v) is 4.73. The Morgan fingerprint density at radius 2 is 1.82 bits per heavy atom. The Bertz CT molecular complexity index is 674. The van der Waals surface area contributed by atoms with Gasteiger partial charge in [-0.1, -0.05) is 12.1 Å². The minimum atomic E-state index is -0.570. The SMILES string of the molecule is COC(N)c1ccc(N(C(C)=O)C2=CC(=O)C=CC2=O)cc1. The molecule has 0 saturated heterocycles. The molecule has 2 rings (SSSR count). The summed E-state index contributed by atoms with van der Waals surface area (Å²) in [6.45, 7) is 1.33. The first-order chi connectivity index (χ1) is 10.4. The smallest absolute Gasteiger partial charge is 0.228 e. The van der Waals surface area contributed by atoms with Crippen LogP contribution in [0.4, 0.5) is 5.69 Å². The Hall–Kier alpha value is -2.57. The number of hydrogen-bond donors (Lipinski definition) is 1. The van der Waals surface area contributed by atoms with Crippen molar-refractivity contribution in [3.05, 3.63) is 53.8 Å². The lowest BCUT2D eigenvalue weighted by molar-refractivity contribution is -0.118. The van der Waals surface area contributed by atoms with E-state index >= 15 is 0 Å². The summed E-state index contributed by atoms with van der Waals surface area (Å²) in [5.74, 6) is -1.10. The molecule has 0 spiro atoms. The van der Waals surface area contributed by atoms with Crippen LogP contribution in [0, 0.1) is 0 Å². The van der Waals surface area contributed by atoms with Gasteiger partial charge in [-0.2, -0.15) is 0 Å². The summed E-state index contributed by atoms with van der Waals surface area (Å²) in [5, 5.41) is 0. The Labute approximate surface area is 127 Å². The number of carbonyl (C=O) groups excluding carboxylic acids is 3. The fourth-order valence-corrected chi connectivity index (χ4v) is 2.11. The van der Waals surface area contributed by atoms with Crippen molar-refractivity contribution in [3.8, 4) is 0 Å². The molecule has 1 aliphatic carbocycles. The van der Waals surface area contributed by atoms with Gasteiger partial charge < -0.3 is 10.5 Å². The van der Waals surface area contributed by atoms with Gasteiger partial charge >= 0.3 is 0 Å². The summed E-state index contributed by atoms with van der Waals surface area (Å²) >= 11 is 0. The highest BCUT2D eigenvalue weighted by Crippen LogP contribution is 2.24. The lowest BCUT2D eigenvalue weighted by Crippen LogP contribution is -2.33. The Morgan fingerprint density at radius 3 is 2.36 bits per heavy atom. The molecular weight excluding hydrogens is 284 g/mol. The van der Waals surface area contributed by atoms with Gasteiger partial charge in [0, 0.05) is 25.8 Å². The third kappa shape index (κ3) is 3.19. The van der Waals surface area contributed by atoms with Gasteiger partial charge in [0.25, 0.3) is 0 Å². The zero-order chi connectivity index (χ0) is 16.3. The van der Waals surface area contributed by atoms with E-state index < -0.39 is 12.0 Å². The van der Waals surface area contributed by atoms with Crippen molar-refractivity contribution < 1.29 is 19.1 Å². The van der Waals surface area contributed by atoms with Crippen molar-refractivity contribution in [1.29, 1.82) is 0 Å². The highest BCUT2D eigenvalue weighted by Gasteiger charge is 2.24. The number of anilines is 1. The standard InChI is InChI=1S/C16H16N2O4/c1-10(19)18(14-9-13(20)7-8-15(14)21)12-5-3-11(4-6-12)16(17)22-2/h3-9,16H,17H2,1-2H3. The number of nitrogens with two attached hydrogens (primary N) is 1. The van der Waals surface area contributed by atoms with E-state index in [9.17, 15) is 14.4 Å². The number of amides is 1. The van der Waals surface area contributed by atoms with E-state index in [1.807, 2.05) is 0 Å². The molecule has 0 fully saturated rings. The summed E-state index contributed by atoms with van der Waals surface area (Å²) in [5.41, 5.74) is 6.98. The third-order valence-corrected chi connectivity index (χ3v) is 3.22. The largest absolute Gasteiger partial charge is 0.363 e. The van der Waals surface area contributed by atoms with Crippen LogP contribution >= 0.6 is 0 Å². The Kier molecular flexibility index (Phi) is 4.65. The lowest BCUT2D eigenvalue weighted by Gasteiger charge is -2.24. The van der Waals surface area contributed by atoms with Crippen LogP contribution in [0.25, 0.3) is 0 Å². The molecule has 0 radical (unpaired) electrons. The van der Waals surface area contributed by atoms with E-state index in [4.69, 9.17) is 10.5 Å². The molecule has 6 nitrogen and oxygen atoms in total. The van der Waals surface area contributed by atoms with Crippen LogP contribution in [0.5, 0.6) is 0 Å². The summed E-state index contributed by atoms with van der Waals surface area (Å²) in [7, 11) is 1.49. The molecule has 1 amide bonds. The number of methoxy groups -OCH3 is 1. The quantitative estimate of drug-likeness (QED) is 0.667. The fourth-order valence-electron chi connectivity index (χ4n) is 2.11. The molecule has 2 N–H and O–H groups in total. The number of allylic oxidation sites excluding steroid dienone is 3. The first kappa shape index (κ1) is 15.8. The molecule has 0 heterocycles. The highest BCUT2D eigenvalue weighted by molar-refractivity contribution is 6.21. The minimum absolute atomic E-state index is 0.0313. The van der Waals surface area contributed by atoms with E-state index in [0.717, 1.165) is 17.7 Å². The van der Waals surface area contributed by atoms with E-state index in [2.05, 4.69) is 0 Å². The first-order valence-electron chi connectivity index (χ1n) is 6.61. The number of benzene rings is 1.